The number of nitrogens with zero attached hydrogens (tertiary/aromatic N) is 1. The van der Waals surface area contributed by atoms with Crippen LogP contribution in [-0.4, -0.2) is 28.8 Å². The minimum absolute atomic E-state index is 0.114. The summed E-state index contributed by atoms with van der Waals surface area (Å²) < 4.78 is 5.18. The van der Waals surface area contributed by atoms with E-state index in [2.05, 4.69) is 9.97 Å². The zero-order valence-electron chi connectivity index (χ0n) is 10.0. The van der Waals surface area contributed by atoms with Gasteiger partial charge in [0, 0.05) is 24.3 Å². The van der Waals surface area contributed by atoms with Crippen LogP contribution < -0.4 is 4.74 Å². The largest absolute Gasteiger partial charge is 0.497 e. The molecule has 2 rings (SSSR count). The van der Waals surface area contributed by atoms with Crippen molar-refractivity contribution < 1.29 is 9.84 Å². The van der Waals surface area contributed by atoms with Crippen LogP contribution in [0, 0.1) is 6.92 Å². The second-order valence-corrected chi connectivity index (χ2v) is 3.86. The lowest BCUT2D eigenvalue weighted by Crippen LogP contribution is -1.92. The summed E-state index contributed by atoms with van der Waals surface area (Å²) in [4.78, 5) is 7.69. The van der Waals surface area contributed by atoms with E-state index in [-0.39, 0.29) is 6.61 Å². The number of rotatable bonds is 4. The third kappa shape index (κ3) is 2.47. The molecule has 1 heterocycles. The van der Waals surface area contributed by atoms with E-state index in [0.29, 0.717) is 6.42 Å². The van der Waals surface area contributed by atoms with Crippen molar-refractivity contribution in [2.75, 3.05) is 13.7 Å². The van der Waals surface area contributed by atoms with Crippen LogP contribution in [0.2, 0.25) is 0 Å². The minimum atomic E-state index is 0.114. The molecule has 0 unspecified atom stereocenters. The lowest BCUT2D eigenvalue weighted by molar-refractivity contribution is 0.298. The number of aliphatic hydroxyl groups is 1. The summed E-state index contributed by atoms with van der Waals surface area (Å²) in [6.07, 6.45) is 0.576. The summed E-state index contributed by atoms with van der Waals surface area (Å²) >= 11 is 0. The number of ether oxygens (including phenoxy) is 1. The quantitative estimate of drug-likeness (QED) is 0.846. The van der Waals surface area contributed by atoms with Crippen molar-refractivity contribution in [3.8, 4) is 17.1 Å². The molecule has 17 heavy (non-hydrogen) atoms. The maximum atomic E-state index is 8.93. The highest BCUT2D eigenvalue weighted by Crippen LogP contribution is 2.22. The molecular formula is C13H16N2O2. The molecule has 0 saturated carbocycles. The molecular weight excluding hydrogens is 216 g/mol. The molecule has 0 saturated heterocycles. The first-order valence-electron chi connectivity index (χ1n) is 5.55. The van der Waals surface area contributed by atoms with Gasteiger partial charge in [0.2, 0.25) is 0 Å². The molecule has 0 spiro atoms. The number of methoxy groups -OCH3 is 1. The Kier molecular flexibility index (Phi) is 3.44. The maximum Gasteiger partial charge on any atom is 0.137 e. The molecule has 1 aromatic carbocycles. The SMILES string of the molecule is COc1cccc(-c2nc(CCO)c(C)[nH]2)c1. The summed E-state index contributed by atoms with van der Waals surface area (Å²) in [7, 11) is 1.64. The molecule has 0 radical (unpaired) electrons. The number of aliphatic hydroxyl groups excluding tert-OH is 1. The van der Waals surface area contributed by atoms with E-state index in [0.717, 1.165) is 28.5 Å². The monoisotopic (exact) mass is 232 g/mol. The normalized spacial score (nSPS) is 10.5. The van der Waals surface area contributed by atoms with Crippen LogP contribution in [0.4, 0.5) is 0 Å². The Bertz CT molecular complexity index is 506. The number of hydrogen-bond donors (Lipinski definition) is 2. The molecule has 2 N–H and O–H groups in total. The van der Waals surface area contributed by atoms with Gasteiger partial charge in [0.25, 0.3) is 0 Å². The van der Waals surface area contributed by atoms with Crippen LogP contribution in [0.15, 0.2) is 24.3 Å². The Morgan fingerprint density at radius 3 is 2.94 bits per heavy atom. The lowest BCUT2D eigenvalue weighted by atomic mass is 10.2. The van der Waals surface area contributed by atoms with Crippen LogP contribution in [0.3, 0.4) is 0 Å². The molecule has 0 aliphatic rings. The zero-order chi connectivity index (χ0) is 12.3. The number of benzene rings is 1. The van der Waals surface area contributed by atoms with Gasteiger partial charge < -0.3 is 14.8 Å². The number of aromatic amines is 1. The average Bonchev–Trinajstić information content (AvgIpc) is 2.72. The first-order valence-corrected chi connectivity index (χ1v) is 5.55. The van der Waals surface area contributed by atoms with Crippen LogP contribution in [-0.2, 0) is 6.42 Å². The molecule has 4 heteroatoms. The van der Waals surface area contributed by atoms with E-state index in [1.54, 1.807) is 7.11 Å². The van der Waals surface area contributed by atoms with Gasteiger partial charge in [0.1, 0.15) is 11.6 Å². The summed E-state index contributed by atoms with van der Waals surface area (Å²) in [5.74, 6) is 1.62. The molecule has 4 nitrogen and oxygen atoms in total. The van der Waals surface area contributed by atoms with E-state index in [1.165, 1.54) is 0 Å². The Morgan fingerprint density at radius 2 is 2.24 bits per heavy atom. The van der Waals surface area contributed by atoms with Gasteiger partial charge in [-0.15, -0.1) is 0 Å². The predicted molar refractivity (Wildman–Crippen MR) is 66.1 cm³/mol. The van der Waals surface area contributed by atoms with Crippen molar-refractivity contribution in [1.29, 1.82) is 0 Å². The third-order valence-corrected chi connectivity index (χ3v) is 2.68. The molecule has 0 aliphatic heterocycles. The fourth-order valence-corrected chi connectivity index (χ4v) is 1.75. The fourth-order valence-electron chi connectivity index (χ4n) is 1.75. The maximum absolute atomic E-state index is 8.93. The second-order valence-electron chi connectivity index (χ2n) is 3.86. The molecule has 90 valence electrons. The summed E-state index contributed by atoms with van der Waals surface area (Å²) in [5, 5.41) is 8.93. The van der Waals surface area contributed by atoms with Crippen molar-refractivity contribution in [3.63, 3.8) is 0 Å². The number of aromatic nitrogens is 2. The summed E-state index contributed by atoms with van der Waals surface area (Å²) in [6.45, 7) is 2.07. The van der Waals surface area contributed by atoms with E-state index in [1.807, 2.05) is 31.2 Å². The fraction of sp³-hybridized carbons (Fsp3) is 0.308. The summed E-state index contributed by atoms with van der Waals surface area (Å²) in [5.41, 5.74) is 2.89. The van der Waals surface area contributed by atoms with Gasteiger partial charge >= 0.3 is 0 Å². The first kappa shape index (κ1) is 11.7. The number of aryl methyl sites for hydroxylation is 1. The highest BCUT2D eigenvalue weighted by molar-refractivity contribution is 5.58. The van der Waals surface area contributed by atoms with Gasteiger partial charge in [-0.05, 0) is 19.1 Å². The number of hydrogen-bond acceptors (Lipinski definition) is 3. The van der Waals surface area contributed by atoms with Crippen molar-refractivity contribution in [1.82, 2.24) is 9.97 Å². The van der Waals surface area contributed by atoms with E-state index < -0.39 is 0 Å². The number of nitrogens with one attached hydrogen (secondary N) is 1. The third-order valence-electron chi connectivity index (χ3n) is 2.68. The van der Waals surface area contributed by atoms with Crippen LogP contribution >= 0.6 is 0 Å². The van der Waals surface area contributed by atoms with Gasteiger partial charge in [-0.1, -0.05) is 12.1 Å². The van der Waals surface area contributed by atoms with Crippen molar-refractivity contribution in [3.05, 3.63) is 35.7 Å². The van der Waals surface area contributed by atoms with Gasteiger partial charge in [0.05, 0.1) is 12.8 Å². The number of H-pyrrole nitrogens is 1. The molecule has 0 atom stereocenters. The molecule has 2 aromatic rings. The number of imidazole rings is 1. The van der Waals surface area contributed by atoms with Crippen LogP contribution in [0.5, 0.6) is 5.75 Å². The smallest absolute Gasteiger partial charge is 0.137 e. The molecule has 1 aromatic heterocycles. The highest BCUT2D eigenvalue weighted by Gasteiger charge is 2.08. The zero-order valence-corrected chi connectivity index (χ0v) is 10.0. The Hall–Kier alpha value is -1.81. The van der Waals surface area contributed by atoms with Gasteiger partial charge in [-0.3, -0.25) is 0 Å². The van der Waals surface area contributed by atoms with E-state index in [9.17, 15) is 0 Å². The van der Waals surface area contributed by atoms with Gasteiger partial charge in [-0.2, -0.15) is 0 Å². The lowest BCUT2D eigenvalue weighted by Gasteiger charge is -2.01. The molecule has 0 bridgehead atoms. The molecule has 0 aliphatic carbocycles. The van der Waals surface area contributed by atoms with Gasteiger partial charge in [0.15, 0.2) is 0 Å². The van der Waals surface area contributed by atoms with Crippen molar-refractivity contribution in [2.24, 2.45) is 0 Å². The summed E-state index contributed by atoms with van der Waals surface area (Å²) in [6, 6.07) is 7.73. The average molecular weight is 232 g/mol. The standard InChI is InChI=1S/C13H16N2O2/c1-9-12(6-7-16)15-13(14-9)10-4-3-5-11(8-10)17-2/h3-5,8,16H,6-7H2,1-2H3,(H,14,15). The van der Waals surface area contributed by atoms with E-state index >= 15 is 0 Å². The Labute approximate surface area is 100 Å². The Morgan fingerprint density at radius 1 is 1.41 bits per heavy atom. The topological polar surface area (TPSA) is 58.1 Å². The van der Waals surface area contributed by atoms with Crippen molar-refractivity contribution in [2.45, 2.75) is 13.3 Å². The highest BCUT2D eigenvalue weighted by atomic mass is 16.5. The first-order chi connectivity index (χ1) is 8.24. The second kappa shape index (κ2) is 5.01. The van der Waals surface area contributed by atoms with Crippen LogP contribution in [0.25, 0.3) is 11.4 Å². The molecule has 0 fully saturated rings. The predicted octanol–water partition coefficient (Wildman–Crippen LogP) is 1.93. The minimum Gasteiger partial charge on any atom is -0.497 e. The van der Waals surface area contributed by atoms with Crippen LogP contribution in [0.1, 0.15) is 11.4 Å². The van der Waals surface area contributed by atoms with Gasteiger partial charge in [-0.25, -0.2) is 4.98 Å². The van der Waals surface area contributed by atoms with Crippen molar-refractivity contribution >= 4 is 0 Å². The molecule has 0 amide bonds. The Balaban J connectivity index is 2.35. The van der Waals surface area contributed by atoms with E-state index in [4.69, 9.17) is 9.84 Å².